The van der Waals surface area contributed by atoms with E-state index in [-0.39, 0.29) is 18.3 Å². The maximum Gasteiger partial charge on any atom is 0.220 e. The van der Waals surface area contributed by atoms with Gasteiger partial charge in [-0.25, -0.2) is 4.98 Å². The Bertz CT molecular complexity index is 562. The zero-order valence-corrected chi connectivity index (χ0v) is 13.4. The Balaban J connectivity index is 0.00000161. The van der Waals surface area contributed by atoms with Crippen molar-refractivity contribution < 1.29 is 4.79 Å². The van der Waals surface area contributed by atoms with Crippen LogP contribution in [0.2, 0.25) is 0 Å². The van der Waals surface area contributed by atoms with Gasteiger partial charge in [0.25, 0.3) is 0 Å². The van der Waals surface area contributed by atoms with Crippen molar-refractivity contribution >= 4 is 39.9 Å². The van der Waals surface area contributed by atoms with Crippen LogP contribution in [-0.2, 0) is 11.2 Å². The molecule has 1 aliphatic heterocycles. The van der Waals surface area contributed by atoms with Gasteiger partial charge in [0.1, 0.15) is 0 Å². The molecule has 1 aromatic carbocycles. The van der Waals surface area contributed by atoms with Crippen molar-refractivity contribution in [2.24, 2.45) is 5.92 Å². The van der Waals surface area contributed by atoms with Gasteiger partial charge in [-0.05, 0) is 37.6 Å². The summed E-state index contributed by atoms with van der Waals surface area (Å²) in [4.78, 5) is 16.4. The second-order valence-corrected chi connectivity index (χ2v) is 6.35. The lowest BCUT2D eigenvalue weighted by Gasteiger charge is -2.08. The van der Waals surface area contributed by atoms with Crippen molar-refractivity contribution in [1.29, 1.82) is 0 Å². The van der Waals surface area contributed by atoms with E-state index in [1.165, 1.54) is 4.70 Å². The Labute approximate surface area is 134 Å². The average Bonchev–Trinajstić information content (AvgIpc) is 3.07. The number of carbonyl (C=O) groups excluding carboxylic acids is 1. The first kappa shape index (κ1) is 16.2. The van der Waals surface area contributed by atoms with Crippen LogP contribution in [0.5, 0.6) is 0 Å². The number of carbonyl (C=O) groups is 1. The molecule has 0 spiro atoms. The average molecular weight is 326 g/mol. The fraction of sp³-hybridized carbons (Fsp3) is 0.467. The fourth-order valence-electron chi connectivity index (χ4n) is 2.56. The topological polar surface area (TPSA) is 54.0 Å². The number of para-hydroxylation sites is 1. The number of amides is 1. The lowest BCUT2D eigenvalue weighted by atomic mass is 10.0. The van der Waals surface area contributed by atoms with E-state index in [1.807, 2.05) is 18.2 Å². The summed E-state index contributed by atoms with van der Waals surface area (Å²) in [6, 6.07) is 8.15. The molecule has 0 bridgehead atoms. The summed E-state index contributed by atoms with van der Waals surface area (Å²) >= 11 is 1.71. The number of rotatable bonds is 5. The van der Waals surface area contributed by atoms with Crippen molar-refractivity contribution in [3.8, 4) is 0 Å². The molecule has 1 amide bonds. The molecule has 2 aromatic rings. The number of aromatic nitrogens is 1. The number of thiazole rings is 1. The summed E-state index contributed by atoms with van der Waals surface area (Å²) < 4.78 is 1.21. The van der Waals surface area contributed by atoms with Crippen LogP contribution in [0.1, 0.15) is 17.8 Å². The molecule has 1 aliphatic rings. The van der Waals surface area contributed by atoms with E-state index in [0.717, 1.165) is 36.5 Å². The lowest BCUT2D eigenvalue weighted by Crippen LogP contribution is -2.28. The summed E-state index contributed by atoms with van der Waals surface area (Å²) in [6.45, 7) is 2.70. The van der Waals surface area contributed by atoms with Crippen LogP contribution >= 0.6 is 23.7 Å². The molecule has 0 radical (unpaired) electrons. The first-order valence-electron chi connectivity index (χ1n) is 7.13. The normalized spacial score (nSPS) is 17.6. The predicted molar refractivity (Wildman–Crippen MR) is 89.2 cm³/mol. The number of nitrogens with one attached hydrogen (secondary N) is 2. The quantitative estimate of drug-likeness (QED) is 0.887. The minimum absolute atomic E-state index is 0. The second kappa shape index (κ2) is 7.73. The molecule has 1 fully saturated rings. The summed E-state index contributed by atoms with van der Waals surface area (Å²) in [6.07, 6.45) is 2.58. The van der Waals surface area contributed by atoms with E-state index in [9.17, 15) is 4.79 Å². The molecule has 3 rings (SSSR count). The van der Waals surface area contributed by atoms with Gasteiger partial charge in [0.05, 0.1) is 15.2 Å². The minimum Gasteiger partial charge on any atom is -0.356 e. The van der Waals surface area contributed by atoms with Gasteiger partial charge in [-0.3, -0.25) is 4.79 Å². The van der Waals surface area contributed by atoms with Gasteiger partial charge in [-0.15, -0.1) is 23.7 Å². The van der Waals surface area contributed by atoms with Crippen molar-refractivity contribution in [2.45, 2.75) is 19.3 Å². The Hall–Kier alpha value is -1.17. The highest BCUT2D eigenvalue weighted by atomic mass is 35.5. The first-order chi connectivity index (χ1) is 9.81. The highest BCUT2D eigenvalue weighted by Gasteiger charge is 2.17. The molecule has 1 saturated heterocycles. The van der Waals surface area contributed by atoms with Gasteiger partial charge in [0, 0.05) is 19.4 Å². The SMILES string of the molecule is Cl.O=C(CC1CCNC1)NCCc1nc2ccccc2s1. The smallest absolute Gasteiger partial charge is 0.220 e. The zero-order chi connectivity index (χ0) is 13.8. The van der Waals surface area contributed by atoms with E-state index in [4.69, 9.17) is 0 Å². The molecule has 2 N–H and O–H groups in total. The van der Waals surface area contributed by atoms with Crippen LogP contribution in [0, 0.1) is 5.92 Å². The van der Waals surface area contributed by atoms with Crippen molar-refractivity contribution in [3.05, 3.63) is 29.3 Å². The highest BCUT2D eigenvalue weighted by Crippen LogP contribution is 2.21. The molecule has 2 heterocycles. The van der Waals surface area contributed by atoms with E-state index in [2.05, 4.69) is 21.7 Å². The lowest BCUT2D eigenvalue weighted by molar-refractivity contribution is -0.121. The molecule has 114 valence electrons. The standard InChI is InChI=1S/C15H19N3OS.ClH/c19-14(9-11-5-7-16-10-11)17-8-6-15-18-12-3-1-2-4-13(12)20-15;/h1-4,11,16H,5-10H2,(H,17,19);1H. The van der Waals surface area contributed by atoms with Gasteiger partial charge in [-0.2, -0.15) is 0 Å². The fourth-order valence-corrected chi connectivity index (χ4v) is 3.53. The number of hydrogen-bond acceptors (Lipinski definition) is 4. The van der Waals surface area contributed by atoms with Crippen molar-refractivity contribution in [1.82, 2.24) is 15.6 Å². The van der Waals surface area contributed by atoms with Crippen LogP contribution in [-0.4, -0.2) is 30.5 Å². The molecule has 21 heavy (non-hydrogen) atoms. The second-order valence-electron chi connectivity index (χ2n) is 5.24. The highest BCUT2D eigenvalue weighted by molar-refractivity contribution is 7.18. The minimum atomic E-state index is 0. The number of hydrogen-bond donors (Lipinski definition) is 2. The maximum absolute atomic E-state index is 11.8. The number of nitrogens with zero attached hydrogens (tertiary/aromatic N) is 1. The molecule has 1 unspecified atom stereocenters. The Morgan fingerprint density at radius 3 is 3.05 bits per heavy atom. The van der Waals surface area contributed by atoms with Gasteiger partial charge in [0.15, 0.2) is 0 Å². The zero-order valence-electron chi connectivity index (χ0n) is 11.8. The Kier molecular flexibility index (Phi) is 5.96. The molecule has 1 aromatic heterocycles. The molecule has 0 aliphatic carbocycles. The molecule has 6 heteroatoms. The predicted octanol–water partition coefficient (Wildman–Crippen LogP) is 2.38. The molecule has 0 saturated carbocycles. The summed E-state index contributed by atoms with van der Waals surface area (Å²) in [7, 11) is 0. The van der Waals surface area contributed by atoms with Crippen LogP contribution < -0.4 is 10.6 Å². The van der Waals surface area contributed by atoms with Gasteiger partial charge in [0.2, 0.25) is 5.91 Å². The van der Waals surface area contributed by atoms with E-state index in [0.29, 0.717) is 18.9 Å². The summed E-state index contributed by atoms with van der Waals surface area (Å²) in [5.41, 5.74) is 1.05. The van der Waals surface area contributed by atoms with Crippen LogP contribution in [0.3, 0.4) is 0 Å². The van der Waals surface area contributed by atoms with Crippen LogP contribution in [0.15, 0.2) is 24.3 Å². The van der Waals surface area contributed by atoms with Crippen LogP contribution in [0.4, 0.5) is 0 Å². The van der Waals surface area contributed by atoms with Gasteiger partial charge >= 0.3 is 0 Å². The third kappa shape index (κ3) is 4.40. The molecule has 4 nitrogen and oxygen atoms in total. The molecule has 1 atom stereocenters. The van der Waals surface area contributed by atoms with Crippen molar-refractivity contribution in [2.75, 3.05) is 19.6 Å². The third-order valence-corrected chi connectivity index (χ3v) is 4.73. The van der Waals surface area contributed by atoms with Crippen LogP contribution in [0.25, 0.3) is 10.2 Å². The van der Waals surface area contributed by atoms with E-state index in [1.54, 1.807) is 11.3 Å². The number of fused-ring (bicyclic) bond motifs is 1. The Morgan fingerprint density at radius 1 is 1.43 bits per heavy atom. The summed E-state index contributed by atoms with van der Waals surface area (Å²) in [5, 5.41) is 7.38. The summed E-state index contributed by atoms with van der Waals surface area (Å²) in [5.74, 6) is 0.678. The largest absolute Gasteiger partial charge is 0.356 e. The third-order valence-electron chi connectivity index (χ3n) is 3.64. The van der Waals surface area contributed by atoms with Crippen molar-refractivity contribution in [3.63, 3.8) is 0 Å². The van der Waals surface area contributed by atoms with Gasteiger partial charge < -0.3 is 10.6 Å². The maximum atomic E-state index is 11.8. The first-order valence-corrected chi connectivity index (χ1v) is 7.95. The molecular weight excluding hydrogens is 306 g/mol. The van der Waals surface area contributed by atoms with Gasteiger partial charge in [-0.1, -0.05) is 12.1 Å². The van der Waals surface area contributed by atoms with E-state index < -0.39 is 0 Å². The van der Waals surface area contributed by atoms with E-state index >= 15 is 0 Å². The Morgan fingerprint density at radius 2 is 2.29 bits per heavy atom. The number of benzene rings is 1. The molecular formula is C15H20ClN3OS. The number of halogens is 1. The monoisotopic (exact) mass is 325 g/mol.